The van der Waals surface area contributed by atoms with Crippen molar-refractivity contribution in [1.29, 1.82) is 0 Å². The molecular formula is C8H6BrF2NO. The van der Waals surface area contributed by atoms with Crippen molar-refractivity contribution in [2.75, 3.05) is 0 Å². The van der Waals surface area contributed by atoms with Crippen LogP contribution in [0, 0.1) is 6.92 Å². The molecule has 0 unspecified atom stereocenters. The molecule has 70 valence electrons. The Morgan fingerprint density at radius 2 is 2.23 bits per heavy atom. The van der Waals surface area contributed by atoms with Crippen LogP contribution < -0.4 is 0 Å². The molecule has 1 rings (SSSR count). The molecule has 0 bridgehead atoms. The Morgan fingerprint density at radius 1 is 1.62 bits per heavy atom. The van der Waals surface area contributed by atoms with Crippen molar-refractivity contribution in [1.82, 2.24) is 4.98 Å². The number of alkyl halides is 2. The molecule has 0 aromatic carbocycles. The normalized spacial score (nSPS) is 10.5. The highest BCUT2D eigenvalue weighted by atomic mass is 79.9. The van der Waals surface area contributed by atoms with Gasteiger partial charge in [0.1, 0.15) is 0 Å². The number of rotatable bonds is 2. The number of aryl methyl sites for hydroxylation is 1. The van der Waals surface area contributed by atoms with E-state index in [0.29, 0.717) is 12.0 Å². The molecule has 1 aromatic rings. The van der Waals surface area contributed by atoms with Gasteiger partial charge in [-0.15, -0.1) is 0 Å². The van der Waals surface area contributed by atoms with Gasteiger partial charge in [0.15, 0.2) is 6.29 Å². The maximum atomic E-state index is 12.4. The fraction of sp³-hybridized carbons (Fsp3) is 0.250. The van der Waals surface area contributed by atoms with Gasteiger partial charge in [-0.05, 0) is 22.9 Å². The molecule has 0 spiro atoms. The monoisotopic (exact) mass is 249 g/mol. The second-order valence-corrected chi connectivity index (χ2v) is 3.24. The minimum absolute atomic E-state index is 0.0764. The first kappa shape index (κ1) is 10.2. The minimum atomic E-state index is -2.67. The first-order valence-corrected chi connectivity index (χ1v) is 4.25. The molecule has 0 aliphatic rings. The van der Waals surface area contributed by atoms with Gasteiger partial charge in [0.05, 0.1) is 5.69 Å². The van der Waals surface area contributed by atoms with Crippen LogP contribution in [0.2, 0.25) is 0 Å². The van der Waals surface area contributed by atoms with Gasteiger partial charge < -0.3 is 0 Å². The number of halogens is 3. The summed E-state index contributed by atoms with van der Waals surface area (Å²) in [7, 11) is 0. The van der Waals surface area contributed by atoms with Crippen molar-refractivity contribution in [3.63, 3.8) is 0 Å². The Hall–Kier alpha value is -0.840. The van der Waals surface area contributed by atoms with E-state index in [1.165, 1.54) is 0 Å². The fourth-order valence-electron chi connectivity index (χ4n) is 0.930. The molecule has 1 aromatic heterocycles. The van der Waals surface area contributed by atoms with Crippen LogP contribution in [0.3, 0.4) is 0 Å². The van der Waals surface area contributed by atoms with Gasteiger partial charge >= 0.3 is 0 Å². The van der Waals surface area contributed by atoms with Crippen LogP contribution in [-0.2, 0) is 0 Å². The summed E-state index contributed by atoms with van der Waals surface area (Å²) in [6.45, 7) is 1.59. The first-order chi connectivity index (χ1) is 6.07. The van der Waals surface area contributed by atoms with E-state index in [2.05, 4.69) is 20.9 Å². The van der Waals surface area contributed by atoms with E-state index in [9.17, 15) is 13.6 Å². The van der Waals surface area contributed by atoms with E-state index in [1.54, 1.807) is 6.92 Å². The Labute approximate surface area is 82.1 Å². The van der Waals surface area contributed by atoms with Crippen molar-refractivity contribution < 1.29 is 13.6 Å². The summed E-state index contributed by atoms with van der Waals surface area (Å²) >= 11 is 2.97. The molecule has 0 fully saturated rings. The van der Waals surface area contributed by atoms with Gasteiger partial charge in [0.2, 0.25) is 0 Å². The Bertz CT molecular complexity index is 341. The quantitative estimate of drug-likeness (QED) is 0.755. The highest BCUT2D eigenvalue weighted by Crippen LogP contribution is 2.30. The Kier molecular flexibility index (Phi) is 3.08. The van der Waals surface area contributed by atoms with Gasteiger partial charge in [-0.3, -0.25) is 9.78 Å². The predicted molar refractivity (Wildman–Crippen MR) is 47.0 cm³/mol. The Balaban J connectivity index is 3.41. The third-order valence-electron chi connectivity index (χ3n) is 1.61. The molecule has 0 atom stereocenters. The number of carbonyl (C=O) groups excluding carboxylic acids is 1. The molecule has 0 amide bonds. The van der Waals surface area contributed by atoms with Crippen LogP contribution in [0.5, 0.6) is 0 Å². The maximum Gasteiger partial charge on any atom is 0.265 e. The summed E-state index contributed by atoms with van der Waals surface area (Å²) in [6, 6.07) is 0. The highest BCUT2D eigenvalue weighted by Gasteiger charge is 2.18. The maximum absolute atomic E-state index is 12.4. The lowest BCUT2D eigenvalue weighted by Crippen LogP contribution is -1.99. The highest BCUT2D eigenvalue weighted by molar-refractivity contribution is 9.10. The van der Waals surface area contributed by atoms with Crippen molar-refractivity contribution in [2.45, 2.75) is 13.3 Å². The minimum Gasteiger partial charge on any atom is -0.298 e. The molecule has 0 saturated heterocycles. The standard InChI is InChI=1S/C8H6BrF2NO/c1-4-7(9)6(8(10)11)5(3-13)2-12-4/h2-3,8H,1H3. The fourth-order valence-corrected chi connectivity index (χ4v) is 1.43. The second kappa shape index (κ2) is 3.91. The topological polar surface area (TPSA) is 30.0 Å². The zero-order valence-electron chi connectivity index (χ0n) is 6.72. The molecule has 13 heavy (non-hydrogen) atoms. The molecule has 0 N–H and O–H groups in total. The lowest BCUT2D eigenvalue weighted by Gasteiger charge is -2.07. The molecule has 5 heteroatoms. The van der Waals surface area contributed by atoms with Crippen LogP contribution in [0.1, 0.15) is 28.0 Å². The van der Waals surface area contributed by atoms with Gasteiger partial charge in [0, 0.05) is 21.8 Å². The van der Waals surface area contributed by atoms with E-state index < -0.39 is 6.43 Å². The third-order valence-corrected chi connectivity index (χ3v) is 2.61. The number of hydrogen-bond donors (Lipinski definition) is 0. The summed E-state index contributed by atoms with van der Waals surface area (Å²) in [4.78, 5) is 14.2. The van der Waals surface area contributed by atoms with Gasteiger partial charge in [-0.2, -0.15) is 0 Å². The van der Waals surface area contributed by atoms with E-state index in [-0.39, 0.29) is 15.6 Å². The van der Waals surface area contributed by atoms with Crippen LogP contribution in [-0.4, -0.2) is 11.3 Å². The molecule has 0 aliphatic heterocycles. The third kappa shape index (κ3) is 1.91. The van der Waals surface area contributed by atoms with Crippen molar-refractivity contribution in [3.8, 4) is 0 Å². The zero-order valence-corrected chi connectivity index (χ0v) is 8.31. The predicted octanol–water partition coefficient (Wildman–Crippen LogP) is 2.90. The lowest BCUT2D eigenvalue weighted by atomic mass is 10.1. The number of hydrogen-bond acceptors (Lipinski definition) is 2. The molecular weight excluding hydrogens is 244 g/mol. The zero-order chi connectivity index (χ0) is 10.0. The van der Waals surface area contributed by atoms with E-state index in [0.717, 1.165) is 6.20 Å². The average Bonchev–Trinajstić information content (AvgIpc) is 2.08. The van der Waals surface area contributed by atoms with Crippen LogP contribution in [0.25, 0.3) is 0 Å². The molecule has 2 nitrogen and oxygen atoms in total. The summed E-state index contributed by atoms with van der Waals surface area (Å²) in [6.07, 6.45) is -1.15. The SMILES string of the molecule is Cc1ncc(C=O)c(C(F)F)c1Br. The largest absolute Gasteiger partial charge is 0.298 e. The van der Waals surface area contributed by atoms with Crippen molar-refractivity contribution >= 4 is 22.2 Å². The summed E-state index contributed by atoms with van der Waals surface area (Å²) in [5.74, 6) is 0. The number of pyridine rings is 1. The average molecular weight is 250 g/mol. The Morgan fingerprint density at radius 3 is 2.69 bits per heavy atom. The number of nitrogens with zero attached hydrogens (tertiary/aromatic N) is 1. The van der Waals surface area contributed by atoms with Crippen LogP contribution in [0.15, 0.2) is 10.7 Å². The number of carbonyl (C=O) groups is 1. The van der Waals surface area contributed by atoms with Gasteiger partial charge in [-0.1, -0.05) is 0 Å². The summed E-state index contributed by atoms with van der Waals surface area (Å²) in [5, 5.41) is 0. The number of aromatic nitrogens is 1. The van der Waals surface area contributed by atoms with E-state index >= 15 is 0 Å². The van der Waals surface area contributed by atoms with Crippen molar-refractivity contribution in [3.05, 3.63) is 27.5 Å². The van der Waals surface area contributed by atoms with Crippen LogP contribution in [0.4, 0.5) is 8.78 Å². The van der Waals surface area contributed by atoms with Crippen molar-refractivity contribution in [2.24, 2.45) is 0 Å². The summed E-state index contributed by atoms with van der Waals surface area (Å²) < 4.78 is 25.1. The smallest absolute Gasteiger partial charge is 0.265 e. The molecule has 0 radical (unpaired) electrons. The first-order valence-electron chi connectivity index (χ1n) is 3.46. The van der Waals surface area contributed by atoms with E-state index in [4.69, 9.17) is 0 Å². The lowest BCUT2D eigenvalue weighted by molar-refractivity contribution is 0.110. The van der Waals surface area contributed by atoms with Gasteiger partial charge in [-0.25, -0.2) is 8.78 Å². The van der Waals surface area contributed by atoms with Crippen LogP contribution >= 0.6 is 15.9 Å². The van der Waals surface area contributed by atoms with Gasteiger partial charge in [0.25, 0.3) is 6.43 Å². The molecule has 1 heterocycles. The van der Waals surface area contributed by atoms with E-state index in [1.807, 2.05) is 0 Å². The molecule has 0 saturated carbocycles. The second-order valence-electron chi connectivity index (χ2n) is 2.45. The molecule has 0 aliphatic carbocycles. The summed E-state index contributed by atoms with van der Waals surface area (Å²) in [5.41, 5.74) is 0.0795. The number of aldehydes is 1.